The van der Waals surface area contributed by atoms with E-state index in [4.69, 9.17) is 0 Å². The molecule has 0 aromatic carbocycles. The lowest BCUT2D eigenvalue weighted by Crippen LogP contribution is -2.36. The summed E-state index contributed by atoms with van der Waals surface area (Å²) in [5.74, 6) is 0. The van der Waals surface area contributed by atoms with E-state index < -0.39 is 10.0 Å². The second kappa shape index (κ2) is 4.82. The first kappa shape index (κ1) is 11.9. The standard InChI is InChI=1S/C8H19NO2S/c1-5-7-9(6-2)12(10,11)8(3)4/h8H,5-7H2,1-4H3. The van der Waals surface area contributed by atoms with Crippen LogP contribution in [-0.4, -0.2) is 31.1 Å². The Labute approximate surface area is 75.8 Å². The monoisotopic (exact) mass is 193 g/mol. The highest BCUT2D eigenvalue weighted by atomic mass is 32.2. The zero-order chi connectivity index (χ0) is 9.78. The molecule has 0 fully saturated rings. The highest BCUT2D eigenvalue weighted by Crippen LogP contribution is 2.08. The molecule has 0 amide bonds. The number of rotatable bonds is 5. The summed E-state index contributed by atoms with van der Waals surface area (Å²) in [7, 11) is -3.02. The molecule has 0 N–H and O–H groups in total. The summed E-state index contributed by atoms with van der Waals surface area (Å²) in [6.07, 6.45) is 0.875. The van der Waals surface area contributed by atoms with Gasteiger partial charge in [-0.05, 0) is 20.3 Å². The molecule has 0 bridgehead atoms. The molecule has 4 heteroatoms. The minimum absolute atomic E-state index is 0.302. The fourth-order valence-electron chi connectivity index (χ4n) is 1.01. The van der Waals surface area contributed by atoms with Crippen molar-refractivity contribution in [3.8, 4) is 0 Å². The van der Waals surface area contributed by atoms with Crippen molar-refractivity contribution in [2.75, 3.05) is 13.1 Å². The van der Waals surface area contributed by atoms with Gasteiger partial charge >= 0.3 is 0 Å². The van der Waals surface area contributed by atoms with Crippen molar-refractivity contribution in [1.29, 1.82) is 0 Å². The van der Waals surface area contributed by atoms with Gasteiger partial charge in [-0.1, -0.05) is 13.8 Å². The lowest BCUT2D eigenvalue weighted by molar-refractivity contribution is 0.421. The summed E-state index contributed by atoms with van der Waals surface area (Å²) >= 11 is 0. The van der Waals surface area contributed by atoms with Gasteiger partial charge in [0.15, 0.2) is 0 Å². The molecule has 0 spiro atoms. The van der Waals surface area contributed by atoms with Crippen LogP contribution in [0, 0.1) is 0 Å². The molecule has 0 aliphatic rings. The van der Waals surface area contributed by atoms with Gasteiger partial charge < -0.3 is 0 Å². The molecule has 0 aromatic rings. The van der Waals surface area contributed by atoms with E-state index in [1.54, 1.807) is 13.8 Å². The maximum Gasteiger partial charge on any atom is 0.216 e. The van der Waals surface area contributed by atoms with E-state index in [-0.39, 0.29) is 5.25 Å². The Kier molecular flexibility index (Phi) is 4.78. The van der Waals surface area contributed by atoms with Gasteiger partial charge in [0, 0.05) is 13.1 Å². The van der Waals surface area contributed by atoms with Crippen LogP contribution >= 0.6 is 0 Å². The third-order valence-electron chi connectivity index (χ3n) is 1.78. The van der Waals surface area contributed by atoms with Crippen molar-refractivity contribution in [2.24, 2.45) is 0 Å². The van der Waals surface area contributed by atoms with E-state index in [0.717, 1.165) is 6.42 Å². The first-order valence-corrected chi connectivity index (χ1v) is 5.96. The molecule has 0 saturated carbocycles. The van der Waals surface area contributed by atoms with Crippen LogP contribution in [0.2, 0.25) is 0 Å². The number of nitrogens with zero attached hydrogens (tertiary/aromatic N) is 1. The van der Waals surface area contributed by atoms with Crippen LogP contribution in [0.3, 0.4) is 0 Å². The largest absolute Gasteiger partial charge is 0.216 e. The van der Waals surface area contributed by atoms with Gasteiger partial charge in [-0.25, -0.2) is 12.7 Å². The van der Waals surface area contributed by atoms with Crippen LogP contribution in [0.5, 0.6) is 0 Å². The maximum atomic E-state index is 11.6. The molecule has 0 unspecified atom stereocenters. The van der Waals surface area contributed by atoms with Crippen molar-refractivity contribution in [1.82, 2.24) is 4.31 Å². The molecule has 74 valence electrons. The summed E-state index contributed by atoms with van der Waals surface area (Å²) in [5.41, 5.74) is 0. The average molecular weight is 193 g/mol. The minimum atomic E-state index is -3.02. The zero-order valence-electron chi connectivity index (χ0n) is 8.37. The molecule has 0 rings (SSSR count). The SMILES string of the molecule is CCCN(CC)S(=O)(=O)C(C)C. The van der Waals surface area contributed by atoms with E-state index in [9.17, 15) is 8.42 Å². The molecule has 0 aliphatic carbocycles. The molecule has 0 aromatic heterocycles. The Morgan fingerprint density at radius 1 is 1.25 bits per heavy atom. The van der Waals surface area contributed by atoms with Crippen molar-refractivity contribution in [2.45, 2.75) is 39.4 Å². The van der Waals surface area contributed by atoms with E-state index in [2.05, 4.69) is 0 Å². The normalized spacial score (nSPS) is 12.8. The van der Waals surface area contributed by atoms with Crippen molar-refractivity contribution < 1.29 is 8.42 Å². The van der Waals surface area contributed by atoms with Gasteiger partial charge in [-0.15, -0.1) is 0 Å². The summed E-state index contributed by atoms with van der Waals surface area (Å²) < 4.78 is 24.7. The third-order valence-corrected chi connectivity index (χ3v) is 4.13. The molecule has 0 atom stereocenters. The van der Waals surface area contributed by atoms with Crippen LogP contribution in [0.4, 0.5) is 0 Å². The van der Waals surface area contributed by atoms with Gasteiger partial charge in [0.05, 0.1) is 5.25 Å². The van der Waals surface area contributed by atoms with Crippen LogP contribution < -0.4 is 0 Å². The Morgan fingerprint density at radius 3 is 2.00 bits per heavy atom. The van der Waals surface area contributed by atoms with E-state index in [0.29, 0.717) is 13.1 Å². The van der Waals surface area contributed by atoms with Crippen LogP contribution in [0.1, 0.15) is 34.1 Å². The molecular weight excluding hydrogens is 174 g/mol. The lowest BCUT2D eigenvalue weighted by atomic mass is 10.5. The quantitative estimate of drug-likeness (QED) is 0.663. The lowest BCUT2D eigenvalue weighted by Gasteiger charge is -2.21. The fraction of sp³-hybridized carbons (Fsp3) is 1.00. The van der Waals surface area contributed by atoms with Crippen molar-refractivity contribution in [3.05, 3.63) is 0 Å². The first-order chi connectivity index (χ1) is 5.46. The van der Waals surface area contributed by atoms with E-state index in [1.807, 2.05) is 13.8 Å². The minimum Gasteiger partial charge on any atom is -0.212 e. The predicted octanol–water partition coefficient (Wildman–Crippen LogP) is 1.46. The second-order valence-electron chi connectivity index (χ2n) is 3.09. The van der Waals surface area contributed by atoms with Gasteiger partial charge in [0.1, 0.15) is 0 Å². The summed E-state index contributed by atoms with van der Waals surface area (Å²) in [4.78, 5) is 0. The van der Waals surface area contributed by atoms with E-state index in [1.165, 1.54) is 4.31 Å². The molecular formula is C8H19NO2S. The summed E-state index contributed by atoms with van der Waals surface area (Å²) in [5, 5.41) is -0.302. The highest BCUT2D eigenvalue weighted by Gasteiger charge is 2.22. The van der Waals surface area contributed by atoms with Crippen LogP contribution in [-0.2, 0) is 10.0 Å². The zero-order valence-corrected chi connectivity index (χ0v) is 9.19. The third kappa shape index (κ3) is 2.75. The molecule has 0 radical (unpaired) electrons. The summed E-state index contributed by atoms with van der Waals surface area (Å²) in [6, 6.07) is 0. The van der Waals surface area contributed by atoms with Gasteiger partial charge in [-0.3, -0.25) is 0 Å². The Balaban J connectivity index is 4.49. The first-order valence-electron chi connectivity index (χ1n) is 4.45. The molecule has 0 aliphatic heterocycles. The Morgan fingerprint density at radius 2 is 1.75 bits per heavy atom. The van der Waals surface area contributed by atoms with Gasteiger partial charge in [0.2, 0.25) is 10.0 Å². The summed E-state index contributed by atoms with van der Waals surface area (Å²) in [6.45, 7) is 8.50. The molecule has 0 saturated heterocycles. The van der Waals surface area contributed by atoms with Gasteiger partial charge in [0.25, 0.3) is 0 Å². The molecule has 12 heavy (non-hydrogen) atoms. The number of sulfonamides is 1. The number of hydrogen-bond acceptors (Lipinski definition) is 2. The number of hydrogen-bond donors (Lipinski definition) is 0. The second-order valence-corrected chi connectivity index (χ2v) is 5.57. The van der Waals surface area contributed by atoms with Crippen molar-refractivity contribution in [3.63, 3.8) is 0 Å². The predicted molar refractivity (Wildman–Crippen MR) is 51.6 cm³/mol. The maximum absolute atomic E-state index is 11.6. The smallest absolute Gasteiger partial charge is 0.212 e. The molecule has 3 nitrogen and oxygen atoms in total. The average Bonchev–Trinajstić information content (AvgIpc) is 1.99. The van der Waals surface area contributed by atoms with Crippen LogP contribution in [0.25, 0.3) is 0 Å². The topological polar surface area (TPSA) is 37.4 Å². The van der Waals surface area contributed by atoms with Crippen molar-refractivity contribution >= 4 is 10.0 Å². The van der Waals surface area contributed by atoms with Crippen LogP contribution in [0.15, 0.2) is 0 Å². The van der Waals surface area contributed by atoms with Gasteiger partial charge in [-0.2, -0.15) is 0 Å². The molecule has 0 heterocycles. The Hall–Kier alpha value is -0.0900. The van der Waals surface area contributed by atoms with E-state index >= 15 is 0 Å². The highest BCUT2D eigenvalue weighted by molar-refractivity contribution is 7.89. The fourth-order valence-corrected chi connectivity index (χ4v) is 2.41. The Bertz CT molecular complexity index is 209.